The van der Waals surface area contributed by atoms with E-state index in [1.54, 1.807) is 0 Å². The minimum atomic E-state index is -6.11. The van der Waals surface area contributed by atoms with Crippen molar-refractivity contribution < 1.29 is 46.4 Å². The van der Waals surface area contributed by atoms with Crippen molar-refractivity contribution in [1.29, 1.82) is 0 Å². The van der Waals surface area contributed by atoms with Gasteiger partial charge in [0.2, 0.25) is 0 Å². The zero-order valence-corrected chi connectivity index (χ0v) is 18.6. The summed E-state index contributed by atoms with van der Waals surface area (Å²) in [5.41, 5.74) is -1.67. The fourth-order valence-corrected chi connectivity index (χ4v) is 5.33. The zero-order chi connectivity index (χ0) is 22.4. The van der Waals surface area contributed by atoms with Gasteiger partial charge in [-0.2, -0.15) is 0 Å². The van der Waals surface area contributed by atoms with Gasteiger partial charge in [0.25, 0.3) is 21.2 Å². The molecule has 2 aromatic heterocycles. The van der Waals surface area contributed by atoms with Crippen molar-refractivity contribution in [3.05, 3.63) is 25.6 Å². The summed E-state index contributed by atoms with van der Waals surface area (Å²) >= 11 is 3.09. The molecule has 0 aliphatic rings. The van der Waals surface area contributed by atoms with Crippen LogP contribution in [0.25, 0.3) is 11.2 Å². The summed E-state index contributed by atoms with van der Waals surface area (Å²) < 4.78 is 46.5. The van der Waals surface area contributed by atoms with Gasteiger partial charge in [0.1, 0.15) is 0 Å². The topological polar surface area (TPSA) is 233 Å². The fourth-order valence-electron chi connectivity index (χ4n) is 2.14. The highest BCUT2D eigenvalue weighted by Gasteiger charge is 2.22. The molecule has 0 saturated carbocycles. The number of hydrogen-bond acceptors (Lipinski definition) is 13. The Morgan fingerprint density at radius 1 is 1.00 bits per heavy atom. The average Bonchev–Trinajstić information content (AvgIpc) is 2.80. The maximum Gasteiger partial charge on any atom is 0.332 e. The van der Waals surface area contributed by atoms with Gasteiger partial charge in [0.15, 0.2) is 15.9 Å². The molecule has 2 aromatic rings. The second-order valence-electron chi connectivity index (χ2n) is 5.25. The van der Waals surface area contributed by atoms with E-state index < -0.39 is 47.9 Å². The number of aromatic nitrogens is 4. The Morgan fingerprint density at radius 3 is 2.14 bits per heavy atom. The summed E-state index contributed by atoms with van der Waals surface area (Å²) in [6.45, 7) is -1.61. The van der Waals surface area contributed by atoms with E-state index in [2.05, 4.69) is 34.1 Å². The van der Waals surface area contributed by atoms with E-state index in [9.17, 15) is 42.9 Å². The molecule has 0 aromatic carbocycles. The molecular weight excluding hydrogens is 529 g/mol. The first-order valence-corrected chi connectivity index (χ1v) is 12.3. The van der Waals surface area contributed by atoms with Gasteiger partial charge < -0.3 is 33.2 Å². The molecule has 2 heterocycles. The quantitative estimate of drug-likeness (QED) is 0.241. The second kappa shape index (κ2) is 8.29. The van der Waals surface area contributed by atoms with Gasteiger partial charge >= 0.3 is 5.69 Å². The van der Waals surface area contributed by atoms with Crippen LogP contribution in [0.15, 0.2) is 14.3 Å². The van der Waals surface area contributed by atoms with Crippen LogP contribution in [0.1, 0.15) is 0 Å². The largest absolute Gasteiger partial charge is 0.790 e. The Labute approximate surface area is 168 Å². The molecule has 0 saturated heterocycles. The minimum absolute atomic E-state index is 0.000338. The molecule has 2 unspecified atom stereocenters. The van der Waals surface area contributed by atoms with Crippen LogP contribution in [0.5, 0.6) is 0 Å². The highest BCUT2D eigenvalue weighted by atomic mass is 79.9. The SMILES string of the molecule is Cn1c(Br)nc2c1c(=O)n(CCOP(=O)([O-])OP(=O)([O-])OP(=O)([O-])[O-])c(=O)n2C. The molecule has 0 bridgehead atoms. The lowest BCUT2D eigenvalue weighted by molar-refractivity contribution is -0.339. The Bertz CT molecular complexity index is 1210. The molecule has 0 N–H and O–H groups in total. The highest BCUT2D eigenvalue weighted by Crippen LogP contribution is 2.60. The average molecular weight is 539 g/mol. The van der Waals surface area contributed by atoms with Gasteiger partial charge in [-0.05, 0) is 15.9 Å². The molecule has 0 radical (unpaired) electrons. The third kappa shape index (κ3) is 5.81. The molecule has 0 fully saturated rings. The predicted molar refractivity (Wildman–Crippen MR) is 88.9 cm³/mol. The summed E-state index contributed by atoms with van der Waals surface area (Å²) in [6.07, 6.45) is 0. The zero-order valence-electron chi connectivity index (χ0n) is 14.3. The summed E-state index contributed by atoms with van der Waals surface area (Å²) in [7, 11) is -15.2. The number of halogens is 1. The van der Waals surface area contributed by atoms with Gasteiger partial charge in [-0.25, -0.2) is 14.1 Å². The van der Waals surface area contributed by atoms with E-state index in [1.807, 2.05) is 0 Å². The number of rotatable bonds is 8. The Kier molecular flexibility index (Phi) is 6.95. The van der Waals surface area contributed by atoms with Crippen LogP contribution in [0.4, 0.5) is 0 Å². The van der Waals surface area contributed by atoms with Crippen molar-refractivity contribution in [2.45, 2.75) is 6.54 Å². The van der Waals surface area contributed by atoms with Crippen molar-refractivity contribution in [2.75, 3.05) is 6.61 Å². The van der Waals surface area contributed by atoms with Crippen LogP contribution in [0.2, 0.25) is 0 Å². The van der Waals surface area contributed by atoms with E-state index in [0.717, 1.165) is 4.57 Å². The number of hydrogen-bond donors (Lipinski definition) is 0. The Morgan fingerprint density at radius 2 is 1.59 bits per heavy atom. The number of aryl methyl sites for hydroxylation is 2. The first kappa shape index (κ1) is 24.3. The number of phosphoric ester groups is 1. The predicted octanol–water partition coefficient (Wildman–Crippen LogP) is -2.99. The lowest BCUT2D eigenvalue weighted by atomic mass is 10.5. The summed E-state index contributed by atoms with van der Waals surface area (Å²) in [6, 6.07) is 0. The third-order valence-corrected chi connectivity index (χ3v) is 7.68. The lowest BCUT2D eigenvalue weighted by Gasteiger charge is -2.37. The molecule has 2 rings (SSSR count). The monoisotopic (exact) mass is 538 g/mol. The Balaban J connectivity index is 2.21. The van der Waals surface area contributed by atoms with Gasteiger partial charge in [-0.15, -0.1) is 0 Å². The number of fused-ring (bicyclic) bond motifs is 1. The molecule has 0 aliphatic carbocycles. The molecular formula is C9H10BrN4O12P3-4. The van der Waals surface area contributed by atoms with Gasteiger partial charge in [-0.1, -0.05) is 0 Å². The number of phosphoric acid groups is 3. The van der Waals surface area contributed by atoms with Crippen LogP contribution in [0, 0.1) is 0 Å². The van der Waals surface area contributed by atoms with Crippen molar-refractivity contribution in [3.8, 4) is 0 Å². The minimum Gasteiger partial charge on any atom is -0.790 e. The molecule has 2 atom stereocenters. The summed E-state index contributed by atoms with van der Waals surface area (Å²) in [5, 5.41) is 0. The third-order valence-electron chi connectivity index (χ3n) is 3.27. The molecule has 0 amide bonds. The fraction of sp³-hybridized carbons (Fsp3) is 0.444. The van der Waals surface area contributed by atoms with Crippen LogP contribution < -0.4 is 30.8 Å². The highest BCUT2D eigenvalue weighted by molar-refractivity contribution is 9.10. The van der Waals surface area contributed by atoms with Crippen LogP contribution in [-0.2, 0) is 47.5 Å². The van der Waals surface area contributed by atoms with Crippen LogP contribution in [0.3, 0.4) is 0 Å². The molecule has 29 heavy (non-hydrogen) atoms. The van der Waals surface area contributed by atoms with Crippen molar-refractivity contribution in [2.24, 2.45) is 14.1 Å². The maximum atomic E-state index is 12.5. The summed E-state index contributed by atoms with van der Waals surface area (Å²) in [5.74, 6) is 0. The Hall–Kier alpha value is -0.960. The molecule has 20 heteroatoms. The van der Waals surface area contributed by atoms with Gasteiger partial charge in [-0.3, -0.25) is 27.4 Å². The van der Waals surface area contributed by atoms with Gasteiger partial charge in [0, 0.05) is 14.1 Å². The molecule has 164 valence electrons. The van der Waals surface area contributed by atoms with E-state index in [1.165, 1.54) is 18.7 Å². The van der Waals surface area contributed by atoms with Crippen molar-refractivity contribution in [1.82, 2.24) is 18.7 Å². The van der Waals surface area contributed by atoms with Crippen molar-refractivity contribution in [3.63, 3.8) is 0 Å². The normalized spacial score (nSPS) is 16.7. The standard InChI is InChI=1S/C9H14BrN4O12P3/c1-12-5-6(11-8(12)10)13(2)9(16)14(7(5)15)3-4-24-28(20,21)26-29(22,23)25-27(17,18)19/h3-4H2,1-2H3,(H,20,21)(H,22,23)(H2,17,18,19)/p-4. The maximum absolute atomic E-state index is 12.5. The number of imidazole rings is 1. The van der Waals surface area contributed by atoms with E-state index >= 15 is 0 Å². The molecule has 0 aliphatic heterocycles. The van der Waals surface area contributed by atoms with Gasteiger partial charge in [0.05, 0.1) is 21.0 Å². The van der Waals surface area contributed by atoms with Crippen LogP contribution in [-0.4, -0.2) is 25.3 Å². The smallest absolute Gasteiger partial charge is 0.332 e. The van der Waals surface area contributed by atoms with Crippen molar-refractivity contribution >= 4 is 50.6 Å². The number of nitrogens with zero attached hydrogens (tertiary/aromatic N) is 4. The lowest BCUT2D eigenvalue weighted by Crippen LogP contribution is -2.40. The van der Waals surface area contributed by atoms with E-state index in [-0.39, 0.29) is 15.9 Å². The molecule has 0 spiro atoms. The van der Waals surface area contributed by atoms with E-state index in [0.29, 0.717) is 4.57 Å². The molecule has 16 nitrogen and oxygen atoms in total. The first-order valence-electron chi connectivity index (χ1n) is 7.08. The first-order chi connectivity index (χ1) is 13.0. The second-order valence-corrected chi connectivity index (χ2v) is 10.2. The van der Waals surface area contributed by atoms with Crippen LogP contribution >= 0.6 is 39.4 Å². The van der Waals surface area contributed by atoms with E-state index in [4.69, 9.17) is 0 Å². The summed E-state index contributed by atoms with van der Waals surface area (Å²) in [4.78, 5) is 71.8.